The van der Waals surface area contributed by atoms with Crippen molar-refractivity contribution in [3.05, 3.63) is 12.2 Å². The summed E-state index contributed by atoms with van der Waals surface area (Å²) in [5.74, 6) is -0.345. The maximum Gasteiger partial charge on any atom is 0.309 e. The molecule has 0 aromatic carbocycles. The molecule has 0 saturated heterocycles. The van der Waals surface area contributed by atoms with E-state index in [4.69, 9.17) is 0 Å². The van der Waals surface area contributed by atoms with E-state index in [-0.39, 0.29) is 11.9 Å². The highest BCUT2D eigenvalue weighted by Gasteiger charge is 1.98. The minimum absolute atomic E-state index is 0.136. The predicted octanol–water partition coefficient (Wildman–Crippen LogP) is 2.62. The van der Waals surface area contributed by atoms with Crippen LogP contribution in [0.5, 0.6) is 0 Å². The van der Waals surface area contributed by atoms with Crippen LogP contribution in [0.2, 0.25) is 0 Å². The number of hydrogen-bond acceptors (Lipinski definition) is 4. The quantitative estimate of drug-likeness (QED) is 0.354. The first-order valence-corrected chi connectivity index (χ1v) is 5.99. The van der Waals surface area contributed by atoms with Gasteiger partial charge in [-0.25, -0.2) is 0 Å². The summed E-state index contributed by atoms with van der Waals surface area (Å²) in [6.07, 6.45) is 9.76. The van der Waals surface area contributed by atoms with E-state index in [1.54, 1.807) is 0 Å². The van der Waals surface area contributed by atoms with Crippen LogP contribution in [0, 0.1) is 0 Å². The molecular formula is C13H22O4. The molecule has 0 spiro atoms. The molecule has 0 aliphatic heterocycles. The van der Waals surface area contributed by atoms with Crippen LogP contribution in [0.25, 0.3) is 0 Å². The number of methoxy groups -OCH3 is 2. The first-order chi connectivity index (χ1) is 8.20. The Morgan fingerprint density at radius 3 is 2.18 bits per heavy atom. The number of esters is 2. The Labute approximate surface area is 103 Å². The topological polar surface area (TPSA) is 52.6 Å². The largest absolute Gasteiger partial charge is 0.469 e. The summed E-state index contributed by atoms with van der Waals surface area (Å²) >= 11 is 0. The predicted molar refractivity (Wildman–Crippen MR) is 65.5 cm³/mol. The highest BCUT2D eigenvalue weighted by Crippen LogP contribution is 2.06. The lowest BCUT2D eigenvalue weighted by molar-refractivity contribution is -0.141. The molecule has 0 amide bonds. The lowest BCUT2D eigenvalue weighted by Crippen LogP contribution is -1.99. The summed E-state index contributed by atoms with van der Waals surface area (Å²) in [5.41, 5.74) is 0. The van der Waals surface area contributed by atoms with Gasteiger partial charge in [-0.1, -0.05) is 25.0 Å². The molecule has 0 aromatic heterocycles. The lowest BCUT2D eigenvalue weighted by Gasteiger charge is -1.99. The van der Waals surface area contributed by atoms with E-state index in [1.165, 1.54) is 14.2 Å². The fourth-order valence-electron chi connectivity index (χ4n) is 1.37. The van der Waals surface area contributed by atoms with Crippen molar-refractivity contribution in [2.75, 3.05) is 14.2 Å². The lowest BCUT2D eigenvalue weighted by atomic mass is 10.1. The van der Waals surface area contributed by atoms with Gasteiger partial charge in [0, 0.05) is 6.42 Å². The highest BCUT2D eigenvalue weighted by molar-refractivity contribution is 5.70. The van der Waals surface area contributed by atoms with Gasteiger partial charge in [0.2, 0.25) is 0 Å². The second kappa shape index (κ2) is 11.2. The van der Waals surface area contributed by atoms with Crippen LogP contribution in [-0.4, -0.2) is 26.2 Å². The van der Waals surface area contributed by atoms with Gasteiger partial charge >= 0.3 is 11.9 Å². The van der Waals surface area contributed by atoms with Gasteiger partial charge in [0.15, 0.2) is 0 Å². The average molecular weight is 242 g/mol. The van der Waals surface area contributed by atoms with Crippen molar-refractivity contribution in [1.82, 2.24) is 0 Å². The third-order valence-electron chi connectivity index (χ3n) is 2.41. The van der Waals surface area contributed by atoms with Crippen molar-refractivity contribution in [2.24, 2.45) is 0 Å². The zero-order valence-electron chi connectivity index (χ0n) is 10.7. The molecule has 0 bridgehead atoms. The Hall–Kier alpha value is -1.32. The molecule has 0 aliphatic rings. The van der Waals surface area contributed by atoms with Crippen LogP contribution >= 0.6 is 0 Å². The highest BCUT2D eigenvalue weighted by atomic mass is 16.5. The van der Waals surface area contributed by atoms with Gasteiger partial charge in [0.25, 0.3) is 0 Å². The van der Waals surface area contributed by atoms with E-state index in [1.807, 2.05) is 12.2 Å². The molecule has 4 heteroatoms. The van der Waals surface area contributed by atoms with Gasteiger partial charge in [-0.2, -0.15) is 0 Å². The number of allylic oxidation sites excluding steroid dienone is 1. The van der Waals surface area contributed by atoms with Crippen molar-refractivity contribution in [2.45, 2.75) is 44.9 Å². The van der Waals surface area contributed by atoms with Crippen molar-refractivity contribution in [3.8, 4) is 0 Å². The summed E-state index contributed by atoms with van der Waals surface area (Å²) in [5, 5.41) is 0. The molecular weight excluding hydrogens is 220 g/mol. The zero-order chi connectivity index (χ0) is 12.9. The van der Waals surface area contributed by atoms with Gasteiger partial charge in [-0.15, -0.1) is 0 Å². The van der Waals surface area contributed by atoms with Crippen molar-refractivity contribution in [1.29, 1.82) is 0 Å². The first kappa shape index (κ1) is 15.7. The molecule has 0 unspecified atom stereocenters. The minimum Gasteiger partial charge on any atom is -0.469 e. The van der Waals surface area contributed by atoms with Crippen LogP contribution in [-0.2, 0) is 19.1 Å². The minimum atomic E-state index is -0.209. The maximum atomic E-state index is 10.8. The van der Waals surface area contributed by atoms with E-state index in [0.29, 0.717) is 12.8 Å². The molecule has 98 valence electrons. The third kappa shape index (κ3) is 11.0. The zero-order valence-corrected chi connectivity index (χ0v) is 10.7. The summed E-state index contributed by atoms with van der Waals surface area (Å²) in [6.45, 7) is 0. The molecule has 0 heterocycles. The van der Waals surface area contributed by atoms with Gasteiger partial charge in [0.1, 0.15) is 0 Å². The van der Waals surface area contributed by atoms with Crippen molar-refractivity contribution in [3.63, 3.8) is 0 Å². The van der Waals surface area contributed by atoms with Crippen LogP contribution in [0.1, 0.15) is 44.9 Å². The molecule has 0 N–H and O–H groups in total. The van der Waals surface area contributed by atoms with Crippen molar-refractivity contribution < 1.29 is 19.1 Å². The summed E-state index contributed by atoms with van der Waals surface area (Å²) in [6, 6.07) is 0. The average Bonchev–Trinajstić information content (AvgIpc) is 2.35. The number of ether oxygens (including phenoxy) is 2. The van der Waals surface area contributed by atoms with Gasteiger partial charge < -0.3 is 9.47 Å². The van der Waals surface area contributed by atoms with Crippen molar-refractivity contribution >= 4 is 11.9 Å². The Morgan fingerprint density at radius 2 is 1.53 bits per heavy atom. The summed E-state index contributed by atoms with van der Waals surface area (Å²) < 4.78 is 9.06. The standard InChI is InChI=1S/C13H22O4/c1-16-12(14)10-8-6-4-3-5-7-9-11-13(15)17-2/h6,8H,3-5,7,9-11H2,1-2H3. The van der Waals surface area contributed by atoms with Crippen LogP contribution in [0.3, 0.4) is 0 Å². The number of rotatable bonds is 9. The Morgan fingerprint density at radius 1 is 0.882 bits per heavy atom. The van der Waals surface area contributed by atoms with E-state index in [0.717, 1.165) is 32.1 Å². The molecule has 0 saturated carbocycles. The van der Waals surface area contributed by atoms with E-state index in [2.05, 4.69) is 9.47 Å². The Balaban J connectivity index is 3.23. The van der Waals surface area contributed by atoms with E-state index in [9.17, 15) is 9.59 Å². The molecule has 4 nitrogen and oxygen atoms in total. The molecule has 0 aliphatic carbocycles. The molecule has 0 radical (unpaired) electrons. The monoisotopic (exact) mass is 242 g/mol. The summed E-state index contributed by atoms with van der Waals surface area (Å²) in [4.78, 5) is 21.6. The number of hydrogen-bond donors (Lipinski definition) is 0. The smallest absolute Gasteiger partial charge is 0.309 e. The number of carbonyl (C=O) groups is 2. The molecule has 0 fully saturated rings. The normalized spacial score (nSPS) is 10.5. The second-order valence-electron chi connectivity index (χ2n) is 3.78. The Kier molecular flexibility index (Phi) is 10.3. The number of carbonyl (C=O) groups excluding carboxylic acids is 2. The molecule has 0 aromatic rings. The van der Waals surface area contributed by atoms with Gasteiger partial charge in [-0.3, -0.25) is 9.59 Å². The SMILES string of the molecule is COC(=O)CC=CCCCCCCC(=O)OC. The fraction of sp³-hybridized carbons (Fsp3) is 0.692. The van der Waals surface area contributed by atoms with Crippen LogP contribution in [0.15, 0.2) is 12.2 Å². The van der Waals surface area contributed by atoms with E-state index < -0.39 is 0 Å². The van der Waals surface area contributed by atoms with E-state index >= 15 is 0 Å². The maximum absolute atomic E-state index is 10.8. The number of unbranched alkanes of at least 4 members (excludes halogenated alkanes) is 4. The van der Waals surface area contributed by atoms with Crippen LogP contribution < -0.4 is 0 Å². The Bertz CT molecular complexity index is 246. The van der Waals surface area contributed by atoms with Gasteiger partial charge in [-0.05, 0) is 19.3 Å². The fourth-order valence-corrected chi connectivity index (χ4v) is 1.37. The third-order valence-corrected chi connectivity index (χ3v) is 2.41. The first-order valence-electron chi connectivity index (χ1n) is 5.99. The molecule has 17 heavy (non-hydrogen) atoms. The van der Waals surface area contributed by atoms with Crippen LogP contribution in [0.4, 0.5) is 0 Å². The molecule has 0 rings (SSSR count). The summed E-state index contributed by atoms with van der Waals surface area (Å²) in [7, 11) is 2.80. The second-order valence-corrected chi connectivity index (χ2v) is 3.78. The molecule has 0 atom stereocenters. The van der Waals surface area contributed by atoms with Gasteiger partial charge in [0.05, 0.1) is 20.6 Å².